The molecule has 6 nitrogen and oxygen atoms in total. The molecule has 130 valence electrons. The standard InChI is InChI=1S/C19H21N3O3/c23-19(17-7-9-18(10-8-17)22(24)25)20-13-15-3-5-16(6-4-15)14-21-11-1-2-12-21/h3-10H,1-2,11-14H2,(H,20,23)/p+1. The summed E-state index contributed by atoms with van der Waals surface area (Å²) in [6, 6.07) is 13.9. The lowest BCUT2D eigenvalue weighted by Gasteiger charge is -2.12. The molecule has 0 saturated carbocycles. The first-order valence-corrected chi connectivity index (χ1v) is 8.56. The fourth-order valence-electron chi connectivity index (χ4n) is 3.13. The molecule has 0 aliphatic carbocycles. The molecular weight excluding hydrogens is 318 g/mol. The minimum Gasteiger partial charge on any atom is -0.348 e. The van der Waals surface area contributed by atoms with Gasteiger partial charge in [-0.25, -0.2) is 0 Å². The van der Waals surface area contributed by atoms with Crippen LogP contribution in [-0.2, 0) is 13.1 Å². The molecule has 0 bridgehead atoms. The molecule has 1 amide bonds. The topological polar surface area (TPSA) is 76.7 Å². The molecule has 0 radical (unpaired) electrons. The van der Waals surface area contributed by atoms with Crippen LogP contribution in [0.25, 0.3) is 0 Å². The Morgan fingerprint density at radius 3 is 2.20 bits per heavy atom. The van der Waals surface area contributed by atoms with Crippen LogP contribution in [0.5, 0.6) is 0 Å². The van der Waals surface area contributed by atoms with E-state index in [1.807, 2.05) is 12.1 Å². The van der Waals surface area contributed by atoms with E-state index < -0.39 is 4.92 Å². The molecule has 0 aromatic heterocycles. The molecule has 3 rings (SSSR count). The van der Waals surface area contributed by atoms with Crippen molar-refractivity contribution in [2.75, 3.05) is 13.1 Å². The Morgan fingerprint density at radius 2 is 1.60 bits per heavy atom. The third-order valence-electron chi connectivity index (χ3n) is 4.58. The average molecular weight is 340 g/mol. The Balaban J connectivity index is 1.52. The first-order valence-electron chi connectivity index (χ1n) is 8.56. The molecule has 1 aliphatic heterocycles. The number of carbonyl (C=O) groups excluding carboxylic acids is 1. The highest BCUT2D eigenvalue weighted by molar-refractivity contribution is 5.94. The molecule has 1 fully saturated rings. The number of hydrogen-bond donors (Lipinski definition) is 2. The molecule has 2 aromatic rings. The highest BCUT2D eigenvalue weighted by Gasteiger charge is 2.15. The van der Waals surface area contributed by atoms with Crippen molar-refractivity contribution in [2.45, 2.75) is 25.9 Å². The molecule has 0 spiro atoms. The summed E-state index contributed by atoms with van der Waals surface area (Å²) >= 11 is 0. The minimum atomic E-state index is -0.479. The van der Waals surface area contributed by atoms with Crippen molar-refractivity contribution in [1.82, 2.24) is 5.32 Å². The van der Waals surface area contributed by atoms with Crippen molar-refractivity contribution in [1.29, 1.82) is 0 Å². The number of benzene rings is 2. The smallest absolute Gasteiger partial charge is 0.269 e. The molecule has 2 aromatic carbocycles. The molecular formula is C19H22N3O3+. The summed E-state index contributed by atoms with van der Waals surface area (Å²) in [5, 5.41) is 13.5. The zero-order valence-electron chi connectivity index (χ0n) is 14.0. The summed E-state index contributed by atoms with van der Waals surface area (Å²) < 4.78 is 0. The fraction of sp³-hybridized carbons (Fsp3) is 0.316. The van der Waals surface area contributed by atoms with E-state index in [0.717, 1.165) is 12.1 Å². The molecule has 1 heterocycles. The van der Waals surface area contributed by atoms with Gasteiger partial charge in [-0.15, -0.1) is 0 Å². The Labute approximate surface area is 146 Å². The van der Waals surface area contributed by atoms with Gasteiger partial charge in [0.05, 0.1) is 18.0 Å². The van der Waals surface area contributed by atoms with Gasteiger partial charge in [-0.2, -0.15) is 0 Å². The molecule has 6 heteroatoms. The molecule has 0 atom stereocenters. The largest absolute Gasteiger partial charge is 0.348 e. The van der Waals surface area contributed by atoms with E-state index in [9.17, 15) is 14.9 Å². The van der Waals surface area contributed by atoms with Gasteiger partial charge < -0.3 is 10.2 Å². The first kappa shape index (κ1) is 17.1. The fourth-order valence-corrected chi connectivity index (χ4v) is 3.13. The van der Waals surface area contributed by atoms with Crippen molar-refractivity contribution < 1.29 is 14.6 Å². The van der Waals surface area contributed by atoms with Crippen LogP contribution in [0.2, 0.25) is 0 Å². The van der Waals surface area contributed by atoms with Gasteiger partial charge in [-0.1, -0.05) is 24.3 Å². The second-order valence-corrected chi connectivity index (χ2v) is 6.44. The molecule has 0 unspecified atom stereocenters. The van der Waals surface area contributed by atoms with Crippen molar-refractivity contribution >= 4 is 11.6 Å². The highest BCUT2D eigenvalue weighted by Crippen LogP contribution is 2.12. The van der Waals surface area contributed by atoms with Crippen LogP contribution in [-0.4, -0.2) is 23.9 Å². The van der Waals surface area contributed by atoms with E-state index in [4.69, 9.17) is 0 Å². The van der Waals surface area contributed by atoms with Crippen LogP contribution < -0.4 is 10.2 Å². The van der Waals surface area contributed by atoms with Gasteiger partial charge >= 0.3 is 0 Å². The predicted molar refractivity (Wildman–Crippen MR) is 94.3 cm³/mol. The molecule has 1 aliphatic rings. The van der Waals surface area contributed by atoms with Gasteiger partial charge in [-0.3, -0.25) is 14.9 Å². The number of nitro groups is 1. The number of nitrogens with zero attached hydrogens (tertiary/aromatic N) is 1. The van der Waals surface area contributed by atoms with Crippen molar-refractivity contribution in [3.05, 3.63) is 75.3 Å². The normalized spacial score (nSPS) is 14.4. The monoisotopic (exact) mass is 340 g/mol. The second-order valence-electron chi connectivity index (χ2n) is 6.44. The number of rotatable bonds is 6. The Bertz CT molecular complexity index is 736. The highest BCUT2D eigenvalue weighted by atomic mass is 16.6. The van der Waals surface area contributed by atoms with Crippen LogP contribution in [0.3, 0.4) is 0 Å². The van der Waals surface area contributed by atoms with Gasteiger partial charge in [0, 0.05) is 42.6 Å². The van der Waals surface area contributed by atoms with Crippen LogP contribution in [0.4, 0.5) is 5.69 Å². The van der Waals surface area contributed by atoms with Crippen molar-refractivity contribution in [3.8, 4) is 0 Å². The number of non-ortho nitro benzene ring substituents is 1. The zero-order valence-corrected chi connectivity index (χ0v) is 14.0. The summed E-state index contributed by atoms with van der Waals surface area (Å²) in [6.45, 7) is 4.02. The predicted octanol–water partition coefficient (Wildman–Crippen LogP) is 1.70. The first-order chi connectivity index (χ1) is 12.1. The third-order valence-corrected chi connectivity index (χ3v) is 4.58. The number of amides is 1. The van der Waals surface area contributed by atoms with E-state index in [2.05, 4.69) is 17.4 Å². The number of carbonyl (C=O) groups is 1. The summed E-state index contributed by atoms with van der Waals surface area (Å²) in [5.74, 6) is -0.236. The van der Waals surface area contributed by atoms with Crippen LogP contribution in [0, 0.1) is 10.1 Å². The van der Waals surface area contributed by atoms with Crippen LogP contribution in [0.15, 0.2) is 48.5 Å². The lowest BCUT2D eigenvalue weighted by atomic mass is 10.1. The average Bonchev–Trinajstić information content (AvgIpc) is 3.14. The van der Waals surface area contributed by atoms with E-state index in [-0.39, 0.29) is 11.6 Å². The Kier molecular flexibility index (Phi) is 5.40. The third kappa shape index (κ3) is 4.64. The van der Waals surface area contributed by atoms with Crippen LogP contribution in [0.1, 0.15) is 34.3 Å². The number of quaternary nitrogens is 1. The number of hydrogen-bond acceptors (Lipinski definition) is 3. The van der Waals surface area contributed by atoms with Crippen molar-refractivity contribution in [2.24, 2.45) is 0 Å². The number of likely N-dealkylation sites (tertiary alicyclic amines) is 1. The summed E-state index contributed by atoms with van der Waals surface area (Å²) in [6.07, 6.45) is 2.64. The maximum absolute atomic E-state index is 12.1. The van der Waals surface area contributed by atoms with E-state index in [0.29, 0.717) is 12.1 Å². The maximum Gasteiger partial charge on any atom is 0.269 e. The van der Waals surface area contributed by atoms with Gasteiger partial charge in [0.25, 0.3) is 11.6 Å². The summed E-state index contributed by atoms with van der Waals surface area (Å²) in [7, 11) is 0. The van der Waals surface area contributed by atoms with Crippen molar-refractivity contribution in [3.63, 3.8) is 0 Å². The van der Waals surface area contributed by atoms with E-state index in [1.165, 1.54) is 55.8 Å². The Hall–Kier alpha value is -2.73. The van der Waals surface area contributed by atoms with E-state index >= 15 is 0 Å². The molecule has 25 heavy (non-hydrogen) atoms. The van der Waals surface area contributed by atoms with E-state index in [1.54, 1.807) is 4.90 Å². The lowest BCUT2D eigenvalue weighted by Crippen LogP contribution is -3.08. The molecule has 1 saturated heterocycles. The lowest BCUT2D eigenvalue weighted by molar-refractivity contribution is -0.901. The Morgan fingerprint density at radius 1 is 1.00 bits per heavy atom. The van der Waals surface area contributed by atoms with Crippen LogP contribution >= 0.6 is 0 Å². The summed E-state index contributed by atoms with van der Waals surface area (Å²) in [4.78, 5) is 23.9. The molecule has 2 N–H and O–H groups in total. The van der Waals surface area contributed by atoms with Gasteiger partial charge in [0.15, 0.2) is 0 Å². The summed E-state index contributed by atoms with van der Waals surface area (Å²) in [5.41, 5.74) is 2.75. The van der Waals surface area contributed by atoms with Gasteiger partial charge in [0.2, 0.25) is 0 Å². The second kappa shape index (κ2) is 7.90. The number of nitrogens with one attached hydrogen (secondary N) is 2. The quantitative estimate of drug-likeness (QED) is 0.621. The van der Waals surface area contributed by atoms with Gasteiger partial charge in [0.1, 0.15) is 6.54 Å². The maximum atomic E-state index is 12.1. The number of nitro benzene ring substituents is 1. The van der Waals surface area contributed by atoms with Gasteiger partial charge in [-0.05, 0) is 17.7 Å². The zero-order chi connectivity index (χ0) is 17.6. The SMILES string of the molecule is O=C(NCc1ccc(C[NH+]2CCCC2)cc1)c1ccc([N+](=O)[O-])cc1. The minimum absolute atomic E-state index is 0.0210.